The van der Waals surface area contributed by atoms with E-state index in [9.17, 15) is 49.5 Å². The molecule has 0 aromatic rings. The van der Waals surface area contributed by atoms with E-state index in [1.165, 1.54) is 34.0 Å². The predicted octanol–water partition coefficient (Wildman–Crippen LogP) is 0.461. The van der Waals surface area contributed by atoms with Gasteiger partial charge in [0.05, 0.1) is 29.7 Å². The van der Waals surface area contributed by atoms with Crippen molar-refractivity contribution >= 4 is 52.8 Å². The maximum atomic E-state index is 13.3. The highest BCUT2D eigenvalue weighted by Crippen LogP contribution is 2.42. The number of isothiocyanates is 1. The second-order valence-electron chi connectivity index (χ2n) is 13.1. The molecule has 0 spiro atoms. The number of aliphatic carboxylic acids is 1. The lowest BCUT2D eigenvalue weighted by Gasteiger charge is -2.52. The van der Waals surface area contributed by atoms with Crippen molar-refractivity contribution in [3.8, 4) is 0 Å². The first kappa shape index (κ1) is 44.4. The fourth-order valence-corrected chi connectivity index (χ4v) is 6.56. The third-order valence-corrected chi connectivity index (χ3v) is 9.86. The monoisotopic (exact) mass is 786 g/mol. The van der Waals surface area contributed by atoms with Crippen LogP contribution < -0.4 is 0 Å². The number of ketones is 1. The first-order valence-electron chi connectivity index (χ1n) is 16.9. The van der Waals surface area contributed by atoms with Crippen molar-refractivity contribution < 1.29 is 82.7 Å². The number of carboxylic acid groups (broad SMARTS) is 1. The summed E-state index contributed by atoms with van der Waals surface area (Å²) in [6.07, 6.45) is -14.5. The number of esters is 3. The van der Waals surface area contributed by atoms with Gasteiger partial charge in [-0.05, 0) is 39.4 Å². The summed E-state index contributed by atoms with van der Waals surface area (Å²) in [5.74, 6) is -7.65. The van der Waals surface area contributed by atoms with Crippen molar-refractivity contribution in [2.45, 2.75) is 127 Å². The van der Waals surface area contributed by atoms with Crippen LogP contribution in [0.25, 0.3) is 0 Å². The van der Waals surface area contributed by atoms with E-state index < -0.39 is 132 Å². The van der Waals surface area contributed by atoms with Crippen molar-refractivity contribution in [1.29, 1.82) is 5.41 Å². The highest BCUT2D eigenvalue weighted by atomic mass is 32.1. The number of carbonyl (C=O) groups excluding carboxylic acids is 4. The van der Waals surface area contributed by atoms with Gasteiger partial charge in [-0.3, -0.25) is 19.8 Å². The van der Waals surface area contributed by atoms with E-state index in [2.05, 4.69) is 17.2 Å². The Morgan fingerprint density at radius 1 is 1.19 bits per heavy atom. The maximum Gasteiger partial charge on any atom is 0.357 e. The largest absolute Gasteiger partial charge is 0.508 e. The number of carboxylic acids is 1. The molecule has 300 valence electrons. The van der Waals surface area contributed by atoms with Gasteiger partial charge in [0.15, 0.2) is 35.1 Å². The average molecular weight is 787 g/mol. The van der Waals surface area contributed by atoms with E-state index in [0.717, 1.165) is 6.92 Å². The Morgan fingerprint density at radius 2 is 1.83 bits per heavy atom. The fraction of sp³-hybridized carbons (Fsp3) is 0.676. The fourth-order valence-electron chi connectivity index (χ4n) is 6.46. The van der Waals surface area contributed by atoms with E-state index in [1.807, 2.05) is 5.16 Å². The van der Waals surface area contributed by atoms with Crippen LogP contribution in [0.3, 0.4) is 0 Å². The molecule has 0 aromatic carbocycles. The summed E-state index contributed by atoms with van der Waals surface area (Å²) in [4.78, 5) is 66.3. The number of hydrogen-bond donors (Lipinski definition) is 6. The van der Waals surface area contributed by atoms with Crippen molar-refractivity contribution in [1.82, 2.24) is 0 Å². The zero-order valence-electron chi connectivity index (χ0n) is 30.7. The van der Waals surface area contributed by atoms with Gasteiger partial charge in [0, 0.05) is 20.5 Å². The molecule has 2 saturated heterocycles. The predicted molar refractivity (Wildman–Crippen MR) is 184 cm³/mol. The number of Topliss-reactive ketones (excluding diaryl/α,β-unsaturated/α-hetero) is 1. The van der Waals surface area contributed by atoms with Gasteiger partial charge in [0.2, 0.25) is 0 Å². The molecule has 0 radical (unpaired) electrons. The minimum Gasteiger partial charge on any atom is -0.508 e. The molecule has 6 N–H and O–H groups in total. The van der Waals surface area contributed by atoms with Crippen LogP contribution in [-0.4, -0.2) is 146 Å². The lowest BCUT2D eigenvalue weighted by atomic mass is 9.74. The number of allylic oxidation sites excluding steroid dienone is 1. The molecule has 54 heavy (non-hydrogen) atoms. The number of aliphatic imine (C=N–C) groups is 1. The zero-order valence-corrected chi connectivity index (χ0v) is 31.5. The molecule has 0 aromatic heterocycles. The Kier molecular flexibility index (Phi) is 14.9. The second kappa shape index (κ2) is 18.1. The van der Waals surface area contributed by atoms with Crippen molar-refractivity contribution in [2.24, 2.45) is 10.9 Å². The van der Waals surface area contributed by atoms with Crippen LogP contribution in [0.4, 0.5) is 0 Å². The molecule has 1 aliphatic carbocycles. The van der Waals surface area contributed by atoms with Gasteiger partial charge in [-0.1, -0.05) is 19.9 Å². The highest BCUT2D eigenvalue weighted by Gasteiger charge is 2.62. The molecule has 0 bridgehead atoms. The molecule has 2 heterocycles. The normalized spacial score (nSPS) is 34.3. The number of methoxy groups -OCH3 is 1. The summed E-state index contributed by atoms with van der Waals surface area (Å²) in [5, 5.41) is 66.2. The molecular formula is C34H46N2O17S. The van der Waals surface area contributed by atoms with Crippen LogP contribution in [0.1, 0.15) is 60.8 Å². The van der Waals surface area contributed by atoms with Gasteiger partial charge >= 0.3 is 23.9 Å². The number of ether oxygens (including phenoxy) is 7. The summed E-state index contributed by atoms with van der Waals surface area (Å²) < 4.78 is 40.0. The standard InChI is InChI=1S/C34H46N2O17S/c1-8-14(3)31(43)50-16(5)34(46)15(4)49-22(10-21(34)47-7)52-27-25(39)29(33(45)11-19(38)24(35)23(28(33)40)30(41)42)51-20(12-48-17(6)37)26(27)53-32(44)18(9-2)36-13-54/h9,14-16,20-22,25-27,29,35,39-40,45-46H,8,10-12H2,1-7H3,(H,41,42)/b18-9-,35-24?/t14-,15-,16-,20+,21-,22-,25+,26+,27-,29+,33+,34-/m0/s1. The quantitative estimate of drug-likeness (QED) is 0.0458. The molecule has 3 rings (SSSR count). The van der Waals surface area contributed by atoms with E-state index in [1.54, 1.807) is 13.8 Å². The number of aliphatic hydroxyl groups excluding tert-OH is 2. The molecular weight excluding hydrogens is 740 g/mol. The van der Waals surface area contributed by atoms with Gasteiger partial charge in [0.25, 0.3) is 0 Å². The molecule has 2 fully saturated rings. The first-order chi connectivity index (χ1) is 25.2. The number of nitrogens with zero attached hydrogens (tertiary/aromatic N) is 1. The van der Waals surface area contributed by atoms with Crippen LogP contribution in [0, 0.1) is 11.3 Å². The maximum absolute atomic E-state index is 13.3. The van der Waals surface area contributed by atoms with Gasteiger partial charge in [-0.25, -0.2) is 9.59 Å². The van der Waals surface area contributed by atoms with Gasteiger partial charge < -0.3 is 58.7 Å². The number of thiocarbonyl (C=S) groups is 1. The molecule has 0 saturated carbocycles. The molecule has 0 amide bonds. The Morgan fingerprint density at radius 3 is 2.37 bits per heavy atom. The smallest absolute Gasteiger partial charge is 0.357 e. The Hall–Kier alpha value is -3.98. The van der Waals surface area contributed by atoms with Gasteiger partial charge in [-0.15, -0.1) is 0 Å². The first-order valence-corrected chi connectivity index (χ1v) is 17.3. The minimum absolute atomic E-state index is 0.323. The van der Waals surface area contributed by atoms with Crippen LogP contribution >= 0.6 is 12.2 Å². The van der Waals surface area contributed by atoms with Crippen molar-refractivity contribution in [3.63, 3.8) is 0 Å². The molecule has 12 atom stereocenters. The van der Waals surface area contributed by atoms with Crippen LogP contribution in [0.5, 0.6) is 0 Å². The van der Waals surface area contributed by atoms with Crippen LogP contribution in [0.2, 0.25) is 0 Å². The lowest BCUT2D eigenvalue weighted by Crippen LogP contribution is -2.70. The van der Waals surface area contributed by atoms with Crippen molar-refractivity contribution in [2.75, 3.05) is 13.7 Å². The summed E-state index contributed by atoms with van der Waals surface area (Å²) in [6, 6.07) is 0. The molecule has 3 aliphatic rings. The summed E-state index contributed by atoms with van der Waals surface area (Å²) in [5.41, 5.74) is -7.74. The summed E-state index contributed by atoms with van der Waals surface area (Å²) in [6.45, 7) is 8.03. The van der Waals surface area contributed by atoms with Crippen molar-refractivity contribution in [3.05, 3.63) is 23.1 Å². The van der Waals surface area contributed by atoms with E-state index in [4.69, 9.17) is 38.6 Å². The number of carbonyl (C=O) groups is 5. The molecule has 20 heteroatoms. The van der Waals surface area contributed by atoms with Gasteiger partial charge in [-0.2, -0.15) is 4.99 Å². The lowest BCUT2D eigenvalue weighted by molar-refractivity contribution is -0.345. The molecule has 0 unspecified atom stereocenters. The minimum atomic E-state index is -3.03. The Labute approximate surface area is 315 Å². The van der Waals surface area contributed by atoms with E-state index in [0.29, 0.717) is 6.42 Å². The number of hydrogen-bond acceptors (Lipinski definition) is 19. The number of aliphatic hydroxyl groups is 4. The topological polar surface area (TPSA) is 287 Å². The Bertz CT molecular complexity index is 1610. The summed E-state index contributed by atoms with van der Waals surface area (Å²) in [7, 11) is 1.27. The third kappa shape index (κ3) is 8.93. The Balaban J connectivity index is 2.14. The highest BCUT2D eigenvalue weighted by molar-refractivity contribution is 7.78. The van der Waals surface area contributed by atoms with E-state index in [-0.39, 0.29) is 12.1 Å². The zero-order chi connectivity index (χ0) is 40.9. The number of rotatable bonds is 14. The average Bonchev–Trinajstić information content (AvgIpc) is 3.11. The number of nitrogens with one attached hydrogen (secondary N) is 1. The van der Waals surface area contributed by atoms with E-state index >= 15 is 0 Å². The molecule has 19 nitrogen and oxygen atoms in total. The second-order valence-corrected chi connectivity index (χ2v) is 13.3. The third-order valence-electron chi connectivity index (χ3n) is 9.77. The molecule has 2 aliphatic heterocycles. The summed E-state index contributed by atoms with van der Waals surface area (Å²) >= 11 is 4.60. The van der Waals surface area contributed by atoms with Gasteiger partial charge in [0.1, 0.15) is 54.2 Å². The SMILES string of the molecule is C/C=C(\N=C=S)C(=O)O[C@H]1[C@@H](O[C@H]2C[C@H](OC)[C@@](O)([C@H](C)OC(=O)[C@@H](C)CC)[C@H](C)O2)[C@@H](O)[C@H]([C@@]2(O)CC(=O)C(=N)C(C(=O)O)=C2O)O[C@@H]1COC(C)=O. The van der Waals surface area contributed by atoms with Crippen LogP contribution in [0.15, 0.2) is 28.1 Å². The van der Waals surface area contributed by atoms with Crippen LogP contribution in [-0.2, 0) is 57.1 Å².